The maximum absolute atomic E-state index is 12.3. The minimum atomic E-state index is -0.617. The third-order valence-electron chi connectivity index (χ3n) is 2.93. The van der Waals surface area contributed by atoms with Crippen molar-refractivity contribution in [3.63, 3.8) is 0 Å². The highest BCUT2D eigenvalue weighted by atomic mass is 16.5. The zero-order valence-corrected chi connectivity index (χ0v) is 11.3. The van der Waals surface area contributed by atoms with Gasteiger partial charge >= 0.3 is 5.97 Å². The van der Waals surface area contributed by atoms with E-state index in [-0.39, 0.29) is 17.6 Å². The van der Waals surface area contributed by atoms with Crippen LogP contribution in [0, 0.1) is 0 Å². The van der Waals surface area contributed by atoms with Crippen LogP contribution in [0.4, 0.5) is 5.69 Å². The number of carbonyl (C=O) groups is 1. The Bertz CT molecular complexity index is 732. The summed E-state index contributed by atoms with van der Waals surface area (Å²) in [4.78, 5) is 24.2. The molecule has 2 aromatic rings. The van der Waals surface area contributed by atoms with E-state index in [0.717, 1.165) is 0 Å². The molecular weight excluding hydrogens is 256 g/mol. The first-order valence-corrected chi connectivity index (χ1v) is 6.29. The summed E-state index contributed by atoms with van der Waals surface area (Å²) in [6.07, 6.45) is 3.17. The summed E-state index contributed by atoms with van der Waals surface area (Å²) in [5.74, 6) is -0.617. The number of aromatic nitrogens is 1. The van der Waals surface area contributed by atoms with Crippen LogP contribution in [0.25, 0.3) is 10.9 Å². The predicted octanol–water partition coefficient (Wildman–Crippen LogP) is 1.95. The van der Waals surface area contributed by atoms with Gasteiger partial charge in [-0.1, -0.05) is 6.08 Å². The highest BCUT2D eigenvalue weighted by molar-refractivity contribution is 5.94. The number of benzene rings is 1. The van der Waals surface area contributed by atoms with Crippen molar-refractivity contribution in [2.75, 3.05) is 12.3 Å². The Morgan fingerprint density at radius 1 is 1.50 bits per heavy atom. The van der Waals surface area contributed by atoms with Crippen LogP contribution in [0.1, 0.15) is 17.3 Å². The molecule has 1 aromatic carbocycles. The zero-order valence-electron chi connectivity index (χ0n) is 11.3. The summed E-state index contributed by atoms with van der Waals surface area (Å²) < 4.78 is 6.67. The van der Waals surface area contributed by atoms with E-state index >= 15 is 0 Å². The van der Waals surface area contributed by atoms with E-state index in [2.05, 4.69) is 6.58 Å². The van der Waals surface area contributed by atoms with Gasteiger partial charge in [0.25, 0.3) is 0 Å². The fourth-order valence-corrected chi connectivity index (χ4v) is 2.05. The quantitative estimate of drug-likeness (QED) is 0.524. The summed E-state index contributed by atoms with van der Waals surface area (Å²) in [6.45, 7) is 6.06. The average Bonchev–Trinajstić information content (AvgIpc) is 2.42. The molecule has 5 nitrogen and oxygen atoms in total. The van der Waals surface area contributed by atoms with Gasteiger partial charge in [0.05, 0.1) is 12.1 Å². The van der Waals surface area contributed by atoms with Gasteiger partial charge in [-0.15, -0.1) is 6.58 Å². The number of hydrogen-bond acceptors (Lipinski definition) is 4. The summed E-state index contributed by atoms with van der Waals surface area (Å²) >= 11 is 0. The molecule has 0 saturated carbocycles. The van der Waals surface area contributed by atoms with Gasteiger partial charge in [-0.05, 0) is 25.1 Å². The monoisotopic (exact) mass is 272 g/mol. The molecule has 2 N–H and O–H groups in total. The average molecular weight is 272 g/mol. The van der Waals surface area contributed by atoms with Crippen molar-refractivity contribution in [2.45, 2.75) is 13.5 Å². The molecule has 2 rings (SSSR count). The lowest BCUT2D eigenvalue weighted by Gasteiger charge is -2.11. The minimum absolute atomic E-state index is 0.0194. The topological polar surface area (TPSA) is 74.3 Å². The minimum Gasteiger partial charge on any atom is -0.462 e. The van der Waals surface area contributed by atoms with E-state index < -0.39 is 5.97 Å². The number of carbonyl (C=O) groups excluding carboxylic acids is 1. The van der Waals surface area contributed by atoms with Crippen molar-refractivity contribution in [3.8, 4) is 0 Å². The Morgan fingerprint density at radius 3 is 2.90 bits per heavy atom. The van der Waals surface area contributed by atoms with Gasteiger partial charge in [0.1, 0.15) is 5.56 Å². The molecule has 0 fully saturated rings. The van der Waals surface area contributed by atoms with Crippen LogP contribution in [0.3, 0.4) is 0 Å². The van der Waals surface area contributed by atoms with Crippen LogP contribution < -0.4 is 11.2 Å². The number of nitrogens with zero attached hydrogens (tertiary/aromatic N) is 1. The molecule has 0 spiro atoms. The van der Waals surface area contributed by atoms with Crippen LogP contribution in [-0.2, 0) is 11.3 Å². The molecule has 0 atom stereocenters. The van der Waals surface area contributed by atoms with E-state index in [1.807, 2.05) is 0 Å². The van der Waals surface area contributed by atoms with Gasteiger partial charge in [0.15, 0.2) is 0 Å². The Morgan fingerprint density at radius 2 is 2.25 bits per heavy atom. The highest BCUT2D eigenvalue weighted by Crippen LogP contribution is 2.16. The van der Waals surface area contributed by atoms with Crippen molar-refractivity contribution >= 4 is 22.6 Å². The SMILES string of the molecule is C=CCn1cc(C(=O)OCC)c(=O)c2ccc(N)cc21. The second kappa shape index (κ2) is 5.61. The Kier molecular flexibility index (Phi) is 3.89. The van der Waals surface area contributed by atoms with Crippen LogP contribution in [0.15, 0.2) is 41.8 Å². The zero-order chi connectivity index (χ0) is 14.7. The van der Waals surface area contributed by atoms with E-state index in [1.165, 1.54) is 6.20 Å². The first-order chi connectivity index (χ1) is 9.58. The predicted molar refractivity (Wildman–Crippen MR) is 78.8 cm³/mol. The fraction of sp³-hybridized carbons (Fsp3) is 0.200. The van der Waals surface area contributed by atoms with Crippen molar-refractivity contribution in [1.29, 1.82) is 0 Å². The highest BCUT2D eigenvalue weighted by Gasteiger charge is 2.16. The lowest BCUT2D eigenvalue weighted by Crippen LogP contribution is -2.21. The second-order valence-electron chi connectivity index (χ2n) is 4.31. The van der Waals surface area contributed by atoms with Gasteiger partial charge in [0, 0.05) is 23.8 Å². The summed E-state index contributed by atoms with van der Waals surface area (Å²) in [7, 11) is 0. The van der Waals surface area contributed by atoms with Gasteiger partial charge in [-0.25, -0.2) is 4.79 Å². The number of nitrogens with two attached hydrogens (primary N) is 1. The molecule has 0 aliphatic heterocycles. The lowest BCUT2D eigenvalue weighted by molar-refractivity contribution is 0.0524. The molecule has 0 unspecified atom stereocenters. The van der Waals surface area contributed by atoms with Crippen LogP contribution in [0.5, 0.6) is 0 Å². The second-order valence-corrected chi connectivity index (χ2v) is 4.31. The van der Waals surface area contributed by atoms with Gasteiger partial charge < -0.3 is 15.0 Å². The molecule has 0 aliphatic rings. The van der Waals surface area contributed by atoms with Crippen LogP contribution >= 0.6 is 0 Å². The third kappa shape index (κ3) is 2.42. The molecule has 1 aromatic heterocycles. The van der Waals surface area contributed by atoms with E-state index in [0.29, 0.717) is 23.1 Å². The van der Waals surface area contributed by atoms with Crippen molar-refractivity contribution in [1.82, 2.24) is 4.57 Å². The van der Waals surface area contributed by atoms with Crippen molar-refractivity contribution in [2.24, 2.45) is 0 Å². The first kappa shape index (κ1) is 13.9. The maximum Gasteiger partial charge on any atom is 0.343 e. The largest absolute Gasteiger partial charge is 0.462 e. The molecule has 0 saturated heterocycles. The standard InChI is InChI=1S/C15H16N2O3/c1-3-7-17-9-12(15(19)20-4-2)14(18)11-6-5-10(16)8-13(11)17/h3,5-6,8-9H,1,4,7,16H2,2H3. The van der Waals surface area contributed by atoms with Crippen molar-refractivity contribution in [3.05, 3.63) is 52.8 Å². The number of esters is 1. The molecule has 0 radical (unpaired) electrons. The molecule has 0 bridgehead atoms. The molecule has 0 amide bonds. The Hall–Kier alpha value is -2.56. The number of nitrogen functional groups attached to an aromatic ring is 1. The van der Waals surface area contributed by atoms with Gasteiger partial charge in [-0.3, -0.25) is 4.79 Å². The number of rotatable bonds is 4. The van der Waals surface area contributed by atoms with E-state index in [9.17, 15) is 9.59 Å². The number of fused-ring (bicyclic) bond motifs is 1. The number of pyridine rings is 1. The molecular formula is C15H16N2O3. The number of anilines is 1. The normalized spacial score (nSPS) is 10.4. The van der Waals surface area contributed by atoms with Crippen LogP contribution in [0.2, 0.25) is 0 Å². The number of allylic oxidation sites excluding steroid dienone is 1. The van der Waals surface area contributed by atoms with Gasteiger partial charge in [-0.2, -0.15) is 0 Å². The fourth-order valence-electron chi connectivity index (χ4n) is 2.05. The van der Waals surface area contributed by atoms with E-state index in [4.69, 9.17) is 10.5 Å². The number of ether oxygens (including phenoxy) is 1. The Labute approximate surface area is 116 Å². The molecule has 0 aliphatic carbocycles. The molecule has 1 heterocycles. The lowest BCUT2D eigenvalue weighted by atomic mass is 10.1. The molecule has 20 heavy (non-hydrogen) atoms. The van der Waals surface area contributed by atoms with Gasteiger partial charge in [0.2, 0.25) is 5.43 Å². The third-order valence-corrected chi connectivity index (χ3v) is 2.93. The molecule has 5 heteroatoms. The van der Waals surface area contributed by atoms with Crippen LogP contribution in [-0.4, -0.2) is 17.1 Å². The number of hydrogen-bond donors (Lipinski definition) is 1. The maximum atomic E-state index is 12.3. The summed E-state index contributed by atoms with van der Waals surface area (Å²) in [6, 6.07) is 4.96. The van der Waals surface area contributed by atoms with E-state index in [1.54, 1.807) is 35.8 Å². The summed E-state index contributed by atoms with van der Waals surface area (Å²) in [5.41, 5.74) is 6.65. The first-order valence-electron chi connectivity index (χ1n) is 6.29. The van der Waals surface area contributed by atoms with Crippen molar-refractivity contribution < 1.29 is 9.53 Å². The molecule has 104 valence electrons. The summed E-state index contributed by atoms with van der Waals surface area (Å²) in [5, 5.41) is 0.437. The smallest absolute Gasteiger partial charge is 0.343 e. The Balaban J connectivity index is 2.76.